The SMILES string of the molecule is BC1(B)CC2(CCCCCC2)CC(B)(B)C1(C)O. The summed E-state index contributed by atoms with van der Waals surface area (Å²) in [4.78, 5) is 0. The molecule has 0 heterocycles. The summed E-state index contributed by atoms with van der Waals surface area (Å²) in [6, 6.07) is 0. The van der Waals surface area contributed by atoms with E-state index in [0.717, 1.165) is 0 Å². The van der Waals surface area contributed by atoms with Gasteiger partial charge in [0.25, 0.3) is 0 Å². The molecule has 0 unspecified atom stereocenters. The van der Waals surface area contributed by atoms with Crippen molar-refractivity contribution in [1.29, 1.82) is 0 Å². The molecule has 1 N–H and O–H groups in total. The summed E-state index contributed by atoms with van der Waals surface area (Å²) in [5.41, 5.74) is -0.0523. The maximum absolute atomic E-state index is 11.0. The normalized spacial score (nSPS) is 32.8. The second-order valence-electron chi connectivity index (χ2n) is 8.61. The Morgan fingerprint density at radius 1 is 0.778 bits per heavy atom. The summed E-state index contributed by atoms with van der Waals surface area (Å²) < 4.78 is 0. The van der Waals surface area contributed by atoms with Crippen molar-refractivity contribution in [3.05, 3.63) is 0 Å². The van der Waals surface area contributed by atoms with Crippen LogP contribution < -0.4 is 0 Å². The van der Waals surface area contributed by atoms with Crippen molar-refractivity contribution in [3.63, 3.8) is 0 Å². The fourth-order valence-electron chi connectivity index (χ4n) is 5.03. The Morgan fingerprint density at radius 2 is 1.17 bits per heavy atom. The summed E-state index contributed by atoms with van der Waals surface area (Å²) in [7, 11) is 9.11. The van der Waals surface area contributed by atoms with Crippen molar-refractivity contribution >= 4 is 31.4 Å². The van der Waals surface area contributed by atoms with Crippen molar-refractivity contribution in [2.45, 2.75) is 74.3 Å². The minimum atomic E-state index is -0.558. The van der Waals surface area contributed by atoms with E-state index in [1.54, 1.807) is 0 Å². The summed E-state index contributed by atoms with van der Waals surface area (Å²) in [5.74, 6) is 0. The second kappa shape index (κ2) is 4.36. The van der Waals surface area contributed by atoms with Crippen LogP contribution in [0.4, 0.5) is 0 Å². The Kier molecular flexibility index (Phi) is 3.55. The van der Waals surface area contributed by atoms with Gasteiger partial charge < -0.3 is 5.11 Å². The van der Waals surface area contributed by atoms with E-state index in [-0.39, 0.29) is 10.4 Å². The van der Waals surface area contributed by atoms with Crippen LogP contribution >= 0.6 is 0 Å². The van der Waals surface area contributed by atoms with E-state index in [9.17, 15) is 5.11 Å². The molecule has 0 aromatic rings. The zero-order valence-corrected chi connectivity index (χ0v) is 13.1. The largest absolute Gasteiger partial charge is 0.392 e. The lowest BCUT2D eigenvalue weighted by atomic mass is 9.26. The number of hydrogen-bond acceptors (Lipinski definition) is 1. The lowest BCUT2D eigenvalue weighted by Gasteiger charge is -2.62. The Labute approximate surface area is 117 Å². The number of rotatable bonds is 0. The van der Waals surface area contributed by atoms with Gasteiger partial charge >= 0.3 is 0 Å². The van der Waals surface area contributed by atoms with Gasteiger partial charge in [0.2, 0.25) is 0 Å². The van der Waals surface area contributed by atoms with Crippen LogP contribution in [0.2, 0.25) is 10.4 Å². The van der Waals surface area contributed by atoms with Crippen LogP contribution in [0, 0.1) is 5.41 Å². The van der Waals surface area contributed by atoms with Crippen LogP contribution in [0.3, 0.4) is 0 Å². The van der Waals surface area contributed by atoms with E-state index in [0.29, 0.717) is 5.41 Å². The molecule has 0 amide bonds. The first-order chi connectivity index (χ1) is 8.12. The van der Waals surface area contributed by atoms with Crippen LogP contribution in [0.15, 0.2) is 0 Å². The van der Waals surface area contributed by atoms with Gasteiger partial charge in [0.05, 0.1) is 0 Å². The summed E-state index contributed by atoms with van der Waals surface area (Å²) in [5, 5.41) is 11.1. The molecule has 0 atom stereocenters. The third kappa shape index (κ3) is 2.21. The van der Waals surface area contributed by atoms with E-state index in [1.807, 2.05) is 0 Å². The molecule has 2 fully saturated rings. The Morgan fingerprint density at radius 3 is 1.56 bits per heavy atom. The second-order valence-corrected chi connectivity index (χ2v) is 8.61. The van der Waals surface area contributed by atoms with Crippen molar-refractivity contribution in [2.24, 2.45) is 5.41 Å². The summed E-state index contributed by atoms with van der Waals surface area (Å²) >= 11 is 0. The lowest BCUT2D eigenvalue weighted by Crippen LogP contribution is -2.59. The van der Waals surface area contributed by atoms with Crippen molar-refractivity contribution in [1.82, 2.24) is 0 Å². The van der Waals surface area contributed by atoms with E-state index < -0.39 is 5.60 Å². The molecule has 2 saturated carbocycles. The van der Waals surface area contributed by atoms with Crippen LogP contribution in [0.1, 0.15) is 58.3 Å². The van der Waals surface area contributed by atoms with Crippen LogP contribution in [0.5, 0.6) is 0 Å². The molecule has 1 spiro atoms. The first-order valence-electron chi connectivity index (χ1n) is 7.84. The predicted octanol–water partition coefficient (Wildman–Crippen LogP) is -0.363. The Bertz CT molecular complexity index is 295. The average molecular weight is 244 g/mol. The van der Waals surface area contributed by atoms with Gasteiger partial charge in [0.15, 0.2) is 0 Å². The van der Waals surface area contributed by atoms with Gasteiger partial charge in [-0.05, 0) is 25.2 Å². The zero-order valence-electron chi connectivity index (χ0n) is 13.1. The molecule has 2 aliphatic rings. The highest BCUT2D eigenvalue weighted by Crippen LogP contribution is 2.65. The lowest BCUT2D eigenvalue weighted by molar-refractivity contribution is -0.0500. The van der Waals surface area contributed by atoms with Crippen molar-refractivity contribution < 1.29 is 5.11 Å². The molecule has 0 aromatic carbocycles. The Hall–Kier alpha value is 0.220. The third-order valence-electron chi connectivity index (χ3n) is 6.43. The monoisotopic (exact) mass is 244 g/mol. The van der Waals surface area contributed by atoms with E-state index in [1.165, 1.54) is 51.4 Å². The van der Waals surface area contributed by atoms with Gasteiger partial charge in [-0.1, -0.05) is 49.0 Å². The van der Waals surface area contributed by atoms with Gasteiger partial charge in [-0.25, -0.2) is 0 Å². The molecule has 0 saturated heterocycles. The van der Waals surface area contributed by atoms with Gasteiger partial charge in [-0.15, -0.1) is 0 Å². The Balaban J connectivity index is 2.32. The van der Waals surface area contributed by atoms with E-state index in [4.69, 9.17) is 0 Å². The van der Waals surface area contributed by atoms with Gasteiger partial charge in [-0.2, -0.15) is 0 Å². The molecule has 18 heavy (non-hydrogen) atoms. The highest BCUT2D eigenvalue weighted by molar-refractivity contribution is 6.46. The first-order valence-corrected chi connectivity index (χ1v) is 7.84. The van der Waals surface area contributed by atoms with E-state index >= 15 is 0 Å². The maximum Gasteiger partial charge on any atom is 0.103 e. The fourth-order valence-corrected chi connectivity index (χ4v) is 5.03. The smallest absolute Gasteiger partial charge is 0.103 e. The minimum Gasteiger partial charge on any atom is -0.392 e. The van der Waals surface area contributed by atoms with Crippen molar-refractivity contribution in [3.8, 4) is 0 Å². The van der Waals surface area contributed by atoms with Gasteiger partial charge in [0, 0.05) is 5.60 Å². The number of aliphatic hydroxyl groups is 1. The van der Waals surface area contributed by atoms with E-state index in [2.05, 4.69) is 38.3 Å². The quantitative estimate of drug-likeness (QED) is 0.576. The molecule has 98 valence electrons. The molecular weight excluding hydrogens is 215 g/mol. The molecule has 1 nitrogen and oxygen atoms in total. The summed E-state index contributed by atoms with van der Waals surface area (Å²) in [6.45, 7) is 2.07. The maximum atomic E-state index is 11.0. The molecule has 0 bridgehead atoms. The first kappa shape index (κ1) is 14.6. The standard InChI is InChI=1S/C13H28B4O/c1-10(18)12(14,15)8-11(9-13(10,16)17)6-4-2-3-5-7-11/h18H,2-9,14-17H2,1H3. The highest BCUT2D eigenvalue weighted by Gasteiger charge is 2.58. The van der Waals surface area contributed by atoms with Crippen LogP contribution in [-0.4, -0.2) is 42.1 Å². The number of hydrogen-bond donors (Lipinski definition) is 1. The fraction of sp³-hybridized carbons (Fsp3) is 1.00. The van der Waals surface area contributed by atoms with Crippen LogP contribution in [-0.2, 0) is 0 Å². The molecule has 5 heteroatoms. The van der Waals surface area contributed by atoms with Crippen molar-refractivity contribution in [2.75, 3.05) is 0 Å². The molecular formula is C13H28B4O. The molecule has 2 aliphatic carbocycles. The molecule has 0 aromatic heterocycles. The predicted molar refractivity (Wildman–Crippen MR) is 89.6 cm³/mol. The summed E-state index contributed by atoms with van der Waals surface area (Å²) in [6.07, 6.45) is 10.8. The topological polar surface area (TPSA) is 20.2 Å². The molecule has 2 rings (SSSR count). The van der Waals surface area contributed by atoms with Gasteiger partial charge in [0.1, 0.15) is 31.4 Å². The average Bonchev–Trinajstić information content (AvgIpc) is 2.40. The third-order valence-corrected chi connectivity index (χ3v) is 6.43. The van der Waals surface area contributed by atoms with Crippen LogP contribution in [0.25, 0.3) is 0 Å². The zero-order chi connectivity index (χ0) is 13.7. The molecule has 0 aliphatic heterocycles. The highest BCUT2D eigenvalue weighted by atomic mass is 16.3. The minimum absolute atomic E-state index is 0.0269. The molecule has 0 radical (unpaired) electrons. The van der Waals surface area contributed by atoms with Gasteiger partial charge in [-0.3, -0.25) is 0 Å².